The molecular weight excluding hydrogens is 292 g/mol. The average molecular weight is 306 g/mol. The highest BCUT2D eigenvalue weighted by Gasteiger charge is 2.24. The Hall–Kier alpha value is -1.53. The summed E-state index contributed by atoms with van der Waals surface area (Å²) in [6.07, 6.45) is 0.863. The molecule has 6 heteroatoms. The second-order valence-corrected chi connectivity index (χ2v) is 6.54. The number of thioether (sulfide) groups is 1. The number of aromatic nitrogens is 2. The molecule has 104 valence electrons. The maximum Gasteiger partial charge on any atom is 0.272 e. The molecule has 20 heavy (non-hydrogen) atoms. The summed E-state index contributed by atoms with van der Waals surface area (Å²) >= 11 is 6.94. The van der Waals surface area contributed by atoms with Gasteiger partial charge in [-0.3, -0.25) is 9.36 Å². The summed E-state index contributed by atoms with van der Waals surface area (Å²) in [6.45, 7) is 2.11. The van der Waals surface area contributed by atoms with Crippen LogP contribution in [0.25, 0.3) is 5.69 Å². The number of benzene rings is 1. The lowest BCUT2D eigenvalue weighted by Gasteiger charge is -2.09. The van der Waals surface area contributed by atoms with Crippen molar-refractivity contribution < 1.29 is 4.74 Å². The minimum Gasteiger partial charge on any atom is -0.497 e. The third-order valence-corrected chi connectivity index (χ3v) is 4.78. The number of ether oxygens (including phenoxy) is 1. The largest absolute Gasteiger partial charge is 0.497 e. The molecule has 1 aromatic carbocycles. The van der Waals surface area contributed by atoms with E-state index in [0.29, 0.717) is 10.0 Å². The molecule has 0 unspecified atom stereocenters. The fourth-order valence-electron chi connectivity index (χ4n) is 2.33. The number of nitrogens with one attached hydrogen (secondary N) is 1. The molecule has 0 fully saturated rings. The molecule has 0 saturated carbocycles. The molecule has 1 N–H and O–H groups in total. The Morgan fingerprint density at radius 2 is 2.10 bits per heavy atom. The van der Waals surface area contributed by atoms with Crippen LogP contribution in [0.3, 0.4) is 0 Å². The van der Waals surface area contributed by atoms with Gasteiger partial charge in [0.1, 0.15) is 5.75 Å². The molecule has 0 spiro atoms. The van der Waals surface area contributed by atoms with E-state index in [9.17, 15) is 4.79 Å². The normalized spacial score (nSPS) is 17.0. The molecule has 1 aromatic heterocycles. The number of methoxy groups -OCH3 is 1. The summed E-state index contributed by atoms with van der Waals surface area (Å²) < 4.78 is 7.11. The van der Waals surface area contributed by atoms with Crippen LogP contribution in [0.5, 0.6) is 5.75 Å². The number of fused-ring (bicyclic) bond motifs is 1. The van der Waals surface area contributed by atoms with Crippen molar-refractivity contribution >= 4 is 24.0 Å². The third kappa shape index (κ3) is 2.19. The average Bonchev–Trinajstić information content (AvgIpc) is 2.80. The van der Waals surface area contributed by atoms with Crippen LogP contribution in [-0.4, -0.2) is 21.9 Å². The first-order valence-corrected chi connectivity index (χ1v) is 7.58. The summed E-state index contributed by atoms with van der Waals surface area (Å²) in [5, 5.41) is 0.412. The molecule has 0 aliphatic carbocycles. The molecule has 1 aliphatic rings. The zero-order valence-corrected chi connectivity index (χ0v) is 12.8. The van der Waals surface area contributed by atoms with Gasteiger partial charge in [-0.1, -0.05) is 6.92 Å². The lowest BCUT2D eigenvalue weighted by atomic mass is 10.2. The molecule has 4 nitrogen and oxygen atoms in total. The maximum atomic E-state index is 12.6. The molecule has 2 heterocycles. The van der Waals surface area contributed by atoms with Gasteiger partial charge in [-0.15, -0.1) is 11.8 Å². The molecule has 0 amide bonds. The molecule has 2 aromatic rings. The Labute approximate surface area is 125 Å². The van der Waals surface area contributed by atoms with Crippen molar-refractivity contribution in [3.05, 3.63) is 45.1 Å². The minimum atomic E-state index is -0.0386. The summed E-state index contributed by atoms with van der Waals surface area (Å²) in [6, 6.07) is 7.30. The Bertz CT molecular complexity index is 762. The van der Waals surface area contributed by atoms with Gasteiger partial charge in [0.2, 0.25) is 0 Å². The van der Waals surface area contributed by atoms with Crippen molar-refractivity contribution in [1.82, 2.24) is 9.55 Å². The number of hydrogen-bond donors (Lipinski definition) is 1. The van der Waals surface area contributed by atoms with Crippen LogP contribution in [-0.2, 0) is 6.42 Å². The van der Waals surface area contributed by atoms with Crippen molar-refractivity contribution in [2.24, 2.45) is 0 Å². The molecular formula is C14H14N2O2S2. The third-order valence-electron chi connectivity index (χ3n) is 3.27. The van der Waals surface area contributed by atoms with Gasteiger partial charge < -0.3 is 9.72 Å². The Morgan fingerprint density at radius 3 is 2.75 bits per heavy atom. The molecule has 1 aliphatic heterocycles. The maximum absolute atomic E-state index is 12.6. The quantitative estimate of drug-likeness (QED) is 0.867. The molecule has 1 atom stereocenters. The summed E-state index contributed by atoms with van der Waals surface area (Å²) in [5.41, 5.74) is 1.67. The SMILES string of the molecule is COc1ccc(-n2c(=S)[nH]c3c(c2=O)S[C@H](C)C3)cc1. The van der Waals surface area contributed by atoms with E-state index >= 15 is 0 Å². The van der Waals surface area contributed by atoms with Crippen molar-refractivity contribution in [2.45, 2.75) is 23.5 Å². The van der Waals surface area contributed by atoms with Crippen LogP contribution in [0.1, 0.15) is 12.6 Å². The van der Waals surface area contributed by atoms with Gasteiger partial charge in [0.15, 0.2) is 4.77 Å². The first-order valence-electron chi connectivity index (χ1n) is 6.29. The highest BCUT2D eigenvalue weighted by atomic mass is 32.2. The van der Waals surface area contributed by atoms with Crippen LogP contribution < -0.4 is 10.3 Å². The number of aromatic amines is 1. The van der Waals surface area contributed by atoms with Gasteiger partial charge in [0.05, 0.1) is 17.7 Å². The second-order valence-electron chi connectivity index (χ2n) is 4.71. The second kappa shape index (κ2) is 5.10. The van der Waals surface area contributed by atoms with Gasteiger partial charge >= 0.3 is 0 Å². The first kappa shape index (κ1) is 13.5. The van der Waals surface area contributed by atoms with E-state index in [1.54, 1.807) is 23.4 Å². The summed E-state index contributed by atoms with van der Waals surface area (Å²) in [7, 11) is 1.61. The topological polar surface area (TPSA) is 47.0 Å². The Balaban J connectivity index is 2.17. The lowest BCUT2D eigenvalue weighted by molar-refractivity contribution is 0.414. The van der Waals surface area contributed by atoms with Gasteiger partial charge in [-0.2, -0.15) is 0 Å². The number of hydrogen-bond acceptors (Lipinski definition) is 4. The lowest BCUT2D eigenvalue weighted by Crippen LogP contribution is -2.22. The van der Waals surface area contributed by atoms with Crippen molar-refractivity contribution in [1.29, 1.82) is 0 Å². The van der Waals surface area contributed by atoms with Crippen molar-refractivity contribution in [2.75, 3.05) is 7.11 Å². The van der Waals surface area contributed by atoms with E-state index in [-0.39, 0.29) is 5.56 Å². The standard InChI is InChI=1S/C14H14N2O2S2/c1-8-7-11-12(20-8)13(17)16(14(19)15-11)9-3-5-10(18-2)6-4-9/h3-6,8H,7H2,1-2H3,(H,15,19)/t8-/m1/s1. The number of nitrogens with zero attached hydrogens (tertiary/aromatic N) is 1. The number of H-pyrrole nitrogens is 1. The minimum absolute atomic E-state index is 0.0386. The van der Waals surface area contributed by atoms with E-state index in [4.69, 9.17) is 17.0 Å². The van der Waals surface area contributed by atoms with Crippen molar-refractivity contribution in [3.8, 4) is 11.4 Å². The summed E-state index contributed by atoms with van der Waals surface area (Å²) in [4.78, 5) is 16.6. The molecule has 0 bridgehead atoms. The zero-order valence-electron chi connectivity index (χ0n) is 11.2. The predicted molar refractivity (Wildman–Crippen MR) is 82.8 cm³/mol. The van der Waals surface area contributed by atoms with Crippen LogP contribution in [0.2, 0.25) is 0 Å². The fourth-order valence-corrected chi connectivity index (χ4v) is 3.76. The van der Waals surface area contributed by atoms with Gasteiger partial charge in [-0.25, -0.2) is 0 Å². The fraction of sp³-hybridized carbons (Fsp3) is 0.286. The van der Waals surface area contributed by atoms with Crippen LogP contribution in [0.15, 0.2) is 34.0 Å². The summed E-state index contributed by atoms with van der Waals surface area (Å²) in [5.74, 6) is 0.751. The number of rotatable bonds is 2. The zero-order chi connectivity index (χ0) is 14.3. The van der Waals surface area contributed by atoms with E-state index in [2.05, 4.69) is 11.9 Å². The van der Waals surface area contributed by atoms with Gasteiger partial charge in [-0.05, 0) is 36.5 Å². The van der Waals surface area contributed by atoms with Gasteiger partial charge in [0.25, 0.3) is 5.56 Å². The van der Waals surface area contributed by atoms with E-state index in [1.165, 1.54) is 0 Å². The van der Waals surface area contributed by atoms with Crippen LogP contribution in [0, 0.1) is 4.77 Å². The van der Waals surface area contributed by atoms with E-state index in [0.717, 1.165) is 28.4 Å². The highest BCUT2D eigenvalue weighted by molar-refractivity contribution is 8.00. The Morgan fingerprint density at radius 1 is 1.40 bits per heavy atom. The first-order chi connectivity index (χ1) is 9.60. The molecule has 3 rings (SSSR count). The molecule has 0 saturated heterocycles. The van der Waals surface area contributed by atoms with E-state index in [1.807, 2.05) is 24.3 Å². The Kier molecular flexibility index (Phi) is 3.43. The van der Waals surface area contributed by atoms with Crippen LogP contribution in [0.4, 0.5) is 0 Å². The smallest absolute Gasteiger partial charge is 0.272 e. The predicted octanol–water partition coefficient (Wildman–Crippen LogP) is 2.94. The van der Waals surface area contributed by atoms with E-state index < -0.39 is 0 Å². The highest BCUT2D eigenvalue weighted by Crippen LogP contribution is 2.33. The molecule has 0 radical (unpaired) electrons. The van der Waals surface area contributed by atoms with Crippen molar-refractivity contribution in [3.63, 3.8) is 0 Å². The van der Waals surface area contributed by atoms with Crippen LogP contribution >= 0.6 is 24.0 Å². The van der Waals surface area contributed by atoms with Gasteiger partial charge in [0, 0.05) is 17.4 Å². The monoisotopic (exact) mass is 306 g/mol.